The van der Waals surface area contributed by atoms with E-state index in [0.29, 0.717) is 18.1 Å². The van der Waals surface area contributed by atoms with Crippen LogP contribution in [0.1, 0.15) is 18.4 Å². The topological polar surface area (TPSA) is 52.6 Å². The highest BCUT2D eigenvalue weighted by molar-refractivity contribution is 6.30. The molecule has 1 amide bonds. The third-order valence-corrected chi connectivity index (χ3v) is 3.58. The van der Waals surface area contributed by atoms with Crippen LogP contribution in [-0.4, -0.2) is 41.7 Å². The van der Waals surface area contributed by atoms with Crippen molar-refractivity contribution < 1.29 is 9.90 Å². The first kappa shape index (κ1) is 17.2. The minimum atomic E-state index is -0.0983. The third kappa shape index (κ3) is 4.63. The monoisotopic (exact) mass is 318 g/mol. The van der Waals surface area contributed by atoms with Gasteiger partial charge in [0, 0.05) is 18.1 Å². The van der Waals surface area contributed by atoms with Gasteiger partial charge in [0.2, 0.25) is 5.91 Å². The van der Waals surface area contributed by atoms with Gasteiger partial charge in [-0.25, -0.2) is 0 Å². The molecule has 2 N–H and O–H groups in total. The second-order valence-corrected chi connectivity index (χ2v) is 5.20. The summed E-state index contributed by atoms with van der Waals surface area (Å²) >= 11 is 5.84. The van der Waals surface area contributed by atoms with Crippen LogP contribution in [0.25, 0.3) is 0 Å². The van der Waals surface area contributed by atoms with E-state index in [1.54, 1.807) is 4.90 Å². The van der Waals surface area contributed by atoms with E-state index in [9.17, 15) is 4.79 Å². The van der Waals surface area contributed by atoms with Crippen LogP contribution in [0.4, 0.5) is 0 Å². The van der Waals surface area contributed by atoms with Gasteiger partial charge in [0.1, 0.15) is 0 Å². The summed E-state index contributed by atoms with van der Waals surface area (Å²) in [6.45, 7) is 1.74. The molecule has 1 aliphatic rings. The van der Waals surface area contributed by atoms with E-state index in [1.807, 2.05) is 24.3 Å². The lowest BCUT2D eigenvalue weighted by Crippen LogP contribution is -2.44. The number of aliphatic hydroxyl groups excluding tert-OH is 1. The number of aliphatic hydroxyl groups is 1. The Morgan fingerprint density at radius 1 is 1.40 bits per heavy atom. The molecule has 1 aliphatic heterocycles. The third-order valence-electron chi connectivity index (χ3n) is 3.33. The zero-order valence-corrected chi connectivity index (χ0v) is 12.8. The fourth-order valence-electron chi connectivity index (χ4n) is 2.31. The molecule has 112 valence electrons. The molecule has 1 aromatic rings. The molecule has 6 heteroatoms. The van der Waals surface area contributed by atoms with Gasteiger partial charge < -0.3 is 15.3 Å². The van der Waals surface area contributed by atoms with Crippen molar-refractivity contribution in [3.63, 3.8) is 0 Å². The number of carbonyl (C=O) groups excluding carboxylic acids is 1. The second kappa shape index (κ2) is 8.47. The van der Waals surface area contributed by atoms with Crippen molar-refractivity contribution >= 4 is 29.9 Å². The predicted molar refractivity (Wildman–Crippen MR) is 82.2 cm³/mol. The summed E-state index contributed by atoms with van der Waals surface area (Å²) in [4.78, 5) is 14.0. The Morgan fingerprint density at radius 2 is 2.10 bits per heavy atom. The molecule has 0 aliphatic carbocycles. The average molecular weight is 319 g/mol. The van der Waals surface area contributed by atoms with Gasteiger partial charge in [-0.15, -0.1) is 12.4 Å². The summed E-state index contributed by atoms with van der Waals surface area (Å²) in [7, 11) is 0. The fraction of sp³-hybridized carbons (Fsp3) is 0.500. The van der Waals surface area contributed by atoms with Crippen molar-refractivity contribution in [1.29, 1.82) is 0 Å². The quantitative estimate of drug-likeness (QED) is 0.871. The molecule has 1 heterocycles. The van der Waals surface area contributed by atoms with Gasteiger partial charge in [-0.05, 0) is 37.1 Å². The van der Waals surface area contributed by atoms with Crippen LogP contribution < -0.4 is 5.32 Å². The minimum absolute atomic E-state index is 0. The Balaban J connectivity index is 0.00000200. The molecule has 2 rings (SSSR count). The van der Waals surface area contributed by atoms with Crippen molar-refractivity contribution in [3.8, 4) is 0 Å². The van der Waals surface area contributed by atoms with Gasteiger partial charge in [-0.2, -0.15) is 0 Å². The number of hydrogen-bond acceptors (Lipinski definition) is 3. The molecule has 1 unspecified atom stereocenters. The van der Waals surface area contributed by atoms with E-state index in [-0.39, 0.29) is 31.0 Å². The second-order valence-electron chi connectivity index (χ2n) is 4.76. The molecule has 0 spiro atoms. The van der Waals surface area contributed by atoms with Gasteiger partial charge in [0.05, 0.1) is 12.6 Å². The smallest absolute Gasteiger partial charge is 0.240 e. The molecule has 0 aromatic heterocycles. The highest BCUT2D eigenvalue weighted by Crippen LogP contribution is 2.14. The number of amides is 1. The van der Waals surface area contributed by atoms with E-state index in [4.69, 9.17) is 16.7 Å². The first-order chi connectivity index (χ1) is 9.20. The van der Waals surface area contributed by atoms with Crippen molar-refractivity contribution in [2.45, 2.75) is 25.4 Å². The Morgan fingerprint density at radius 3 is 2.65 bits per heavy atom. The summed E-state index contributed by atoms with van der Waals surface area (Å²) in [6.07, 6.45) is 1.91. The molecule has 1 aromatic carbocycles. The highest BCUT2D eigenvalue weighted by Gasteiger charge is 2.26. The Hall–Kier alpha value is -0.810. The summed E-state index contributed by atoms with van der Waals surface area (Å²) in [5, 5.41) is 13.0. The fourth-order valence-corrected chi connectivity index (χ4v) is 2.44. The lowest BCUT2D eigenvalue weighted by atomic mass is 10.1. The van der Waals surface area contributed by atoms with Crippen LogP contribution >= 0.6 is 24.0 Å². The molecule has 1 atom stereocenters. The molecule has 4 nitrogen and oxygen atoms in total. The highest BCUT2D eigenvalue weighted by atomic mass is 35.5. The number of hydrogen-bond donors (Lipinski definition) is 2. The number of rotatable bonds is 5. The number of carbonyl (C=O) groups is 1. The molecule has 0 radical (unpaired) electrons. The zero-order chi connectivity index (χ0) is 13.7. The number of nitrogens with zero attached hydrogens (tertiary/aromatic N) is 1. The standard InChI is InChI=1S/C14H19ClN2O2.ClH/c15-12-5-3-11(4-6-12)10-17(8-9-18)14(19)13-2-1-7-16-13;/h3-6,13,16,18H,1-2,7-10H2;1H. The van der Waals surface area contributed by atoms with E-state index in [2.05, 4.69) is 5.32 Å². The van der Waals surface area contributed by atoms with Crippen molar-refractivity contribution in [2.75, 3.05) is 19.7 Å². The van der Waals surface area contributed by atoms with E-state index < -0.39 is 0 Å². The molecule has 0 bridgehead atoms. The van der Waals surface area contributed by atoms with Crippen molar-refractivity contribution in [3.05, 3.63) is 34.9 Å². The normalized spacial score (nSPS) is 17.6. The SMILES string of the molecule is Cl.O=C(C1CCCN1)N(CCO)Cc1ccc(Cl)cc1. The van der Waals surface area contributed by atoms with Crippen LogP contribution in [0.5, 0.6) is 0 Å². The zero-order valence-electron chi connectivity index (χ0n) is 11.2. The maximum Gasteiger partial charge on any atom is 0.240 e. The van der Waals surface area contributed by atoms with Gasteiger partial charge in [0.25, 0.3) is 0 Å². The number of nitrogens with one attached hydrogen (secondary N) is 1. The summed E-state index contributed by atoms with van der Waals surface area (Å²) in [5.41, 5.74) is 1.02. The molecule has 1 saturated heterocycles. The maximum atomic E-state index is 12.3. The summed E-state index contributed by atoms with van der Waals surface area (Å²) in [5.74, 6) is 0.0708. The molecule has 20 heavy (non-hydrogen) atoms. The molecular weight excluding hydrogens is 299 g/mol. The van der Waals surface area contributed by atoms with Crippen LogP contribution in [0.2, 0.25) is 5.02 Å². The van der Waals surface area contributed by atoms with E-state index in [0.717, 1.165) is 24.9 Å². The van der Waals surface area contributed by atoms with Crippen LogP contribution in [-0.2, 0) is 11.3 Å². The molecule has 0 saturated carbocycles. The van der Waals surface area contributed by atoms with Crippen molar-refractivity contribution in [1.82, 2.24) is 10.2 Å². The van der Waals surface area contributed by atoms with E-state index >= 15 is 0 Å². The van der Waals surface area contributed by atoms with Gasteiger partial charge in [-0.3, -0.25) is 4.79 Å². The Kier molecular flexibility index (Phi) is 7.30. The average Bonchev–Trinajstić information content (AvgIpc) is 2.94. The first-order valence-corrected chi connectivity index (χ1v) is 6.96. The molecular formula is C14H20Cl2N2O2. The molecule has 1 fully saturated rings. The Labute approximate surface area is 130 Å². The Bertz CT molecular complexity index is 420. The van der Waals surface area contributed by atoms with Gasteiger partial charge in [0.15, 0.2) is 0 Å². The minimum Gasteiger partial charge on any atom is -0.395 e. The van der Waals surface area contributed by atoms with Crippen LogP contribution in [0, 0.1) is 0 Å². The van der Waals surface area contributed by atoms with Gasteiger partial charge >= 0.3 is 0 Å². The van der Waals surface area contributed by atoms with Crippen LogP contribution in [0.15, 0.2) is 24.3 Å². The van der Waals surface area contributed by atoms with Crippen molar-refractivity contribution in [2.24, 2.45) is 0 Å². The van der Waals surface area contributed by atoms with Crippen LogP contribution in [0.3, 0.4) is 0 Å². The first-order valence-electron chi connectivity index (χ1n) is 6.58. The summed E-state index contributed by atoms with van der Waals surface area (Å²) in [6, 6.07) is 7.33. The largest absolute Gasteiger partial charge is 0.395 e. The number of halogens is 2. The van der Waals surface area contributed by atoms with E-state index in [1.165, 1.54) is 0 Å². The summed E-state index contributed by atoms with van der Waals surface area (Å²) < 4.78 is 0. The lowest BCUT2D eigenvalue weighted by Gasteiger charge is -2.25. The number of benzene rings is 1. The lowest BCUT2D eigenvalue weighted by molar-refractivity contribution is -0.134. The van der Waals surface area contributed by atoms with Gasteiger partial charge in [-0.1, -0.05) is 23.7 Å². The maximum absolute atomic E-state index is 12.3. The predicted octanol–water partition coefficient (Wildman–Crippen LogP) is 1.83.